The van der Waals surface area contributed by atoms with Gasteiger partial charge in [-0.05, 0) is 36.4 Å². The number of hydrogen-bond acceptors (Lipinski definition) is 5. The topological polar surface area (TPSA) is 117 Å². The van der Waals surface area contributed by atoms with Crippen molar-refractivity contribution >= 4 is 34.8 Å². The Kier molecular flexibility index (Phi) is 6.21. The molecule has 2 aromatic carbocycles. The van der Waals surface area contributed by atoms with E-state index in [9.17, 15) is 18.8 Å². The van der Waals surface area contributed by atoms with Crippen LogP contribution in [0.1, 0.15) is 16.8 Å². The zero-order chi connectivity index (χ0) is 21.7. The maximum atomic E-state index is 13.2. The second-order valence-corrected chi connectivity index (χ2v) is 6.49. The Bertz CT molecular complexity index is 1020. The van der Waals surface area contributed by atoms with E-state index in [0.717, 1.165) is 0 Å². The van der Waals surface area contributed by atoms with Gasteiger partial charge in [-0.25, -0.2) is 4.39 Å². The van der Waals surface area contributed by atoms with Gasteiger partial charge in [-0.2, -0.15) is 5.10 Å². The zero-order valence-corrected chi connectivity index (χ0v) is 16.0. The van der Waals surface area contributed by atoms with Crippen molar-refractivity contribution in [2.75, 3.05) is 16.9 Å². The van der Waals surface area contributed by atoms with Gasteiger partial charge in [-0.15, -0.1) is 6.58 Å². The molecule has 0 unspecified atom stereocenters. The van der Waals surface area contributed by atoms with E-state index in [0.29, 0.717) is 11.4 Å². The monoisotopic (exact) mass is 409 g/mol. The Balaban J connectivity index is 1.83. The van der Waals surface area contributed by atoms with Crippen LogP contribution in [0.2, 0.25) is 0 Å². The summed E-state index contributed by atoms with van der Waals surface area (Å²) in [6, 6.07) is 10.9. The molecule has 0 saturated carbocycles. The van der Waals surface area contributed by atoms with Gasteiger partial charge in [0.2, 0.25) is 5.91 Å². The largest absolute Gasteiger partial charge is 0.368 e. The van der Waals surface area contributed by atoms with Crippen LogP contribution in [-0.4, -0.2) is 36.0 Å². The molecule has 30 heavy (non-hydrogen) atoms. The van der Waals surface area contributed by atoms with Crippen LogP contribution < -0.4 is 21.4 Å². The molecule has 1 aliphatic rings. The number of rotatable bonds is 7. The Hall–Kier alpha value is -4.01. The zero-order valence-electron chi connectivity index (χ0n) is 16.0. The average molecular weight is 409 g/mol. The number of halogens is 1. The molecule has 0 spiro atoms. The first-order valence-electron chi connectivity index (χ1n) is 9.11. The minimum Gasteiger partial charge on any atom is -0.368 e. The van der Waals surface area contributed by atoms with Gasteiger partial charge in [0.25, 0.3) is 11.8 Å². The number of nitrogens with one attached hydrogen (secondary N) is 2. The number of para-hydroxylation sites is 1. The van der Waals surface area contributed by atoms with E-state index in [1.165, 1.54) is 29.3 Å². The molecule has 1 aliphatic heterocycles. The number of amides is 3. The van der Waals surface area contributed by atoms with Gasteiger partial charge in [0.05, 0.1) is 16.9 Å². The second-order valence-electron chi connectivity index (χ2n) is 6.49. The molecule has 8 nitrogen and oxygen atoms in total. The van der Waals surface area contributed by atoms with Crippen molar-refractivity contribution in [2.45, 2.75) is 12.5 Å². The Morgan fingerprint density at radius 3 is 2.53 bits per heavy atom. The number of carbonyl (C=O) groups is 3. The maximum absolute atomic E-state index is 13.2. The highest BCUT2D eigenvalue weighted by molar-refractivity contribution is 6.44. The molecule has 4 N–H and O–H groups in total. The Labute approximate surface area is 172 Å². The average Bonchev–Trinajstić information content (AvgIpc) is 3.19. The molecule has 0 fully saturated rings. The first-order valence-corrected chi connectivity index (χ1v) is 9.11. The first-order chi connectivity index (χ1) is 14.4. The third-order valence-corrected chi connectivity index (χ3v) is 4.42. The lowest BCUT2D eigenvalue weighted by Crippen LogP contribution is -2.39. The minimum atomic E-state index is -0.887. The lowest BCUT2D eigenvalue weighted by molar-refractivity contribution is -0.119. The van der Waals surface area contributed by atoms with Crippen molar-refractivity contribution in [1.82, 2.24) is 5.32 Å². The van der Waals surface area contributed by atoms with E-state index in [1.54, 1.807) is 30.3 Å². The summed E-state index contributed by atoms with van der Waals surface area (Å²) < 4.78 is 13.2. The molecule has 9 heteroatoms. The summed E-state index contributed by atoms with van der Waals surface area (Å²) in [6.45, 7) is 3.82. The van der Waals surface area contributed by atoms with Crippen LogP contribution in [0.15, 0.2) is 66.3 Å². The summed E-state index contributed by atoms with van der Waals surface area (Å²) in [5.74, 6) is -2.06. The summed E-state index contributed by atoms with van der Waals surface area (Å²) in [6.07, 6.45) is 1.52. The summed E-state index contributed by atoms with van der Waals surface area (Å²) in [4.78, 5) is 36.9. The summed E-state index contributed by atoms with van der Waals surface area (Å²) in [7, 11) is 0. The van der Waals surface area contributed by atoms with Crippen LogP contribution in [0.25, 0.3) is 0 Å². The molecule has 3 amide bonds. The van der Waals surface area contributed by atoms with E-state index in [2.05, 4.69) is 22.3 Å². The molecular formula is C21H20FN5O3. The molecule has 0 bridgehead atoms. The van der Waals surface area contributed by atoms with E-state index in [4.69, 9.17) is 5.73 Å². The summed E-state index contributed by atoms with van der Waals surface area (Å²) >= 11 is 0. The lowest BCUT2D eigenvalue weighted by Gasteiger charge is -2.20. The third kappa shape index (κ3) is 4.52. The molecule has 1 heterocycles. The van der Waals surface area contributed by atoms with Crippen LogP contribution in [0.3, 0.4) is 0 Å². The Morgan fingerprint density at radius 1 is 1.17 bits per heavy atom. The maximum Gasteiger partial charge on any atom is 0.271 e. The molecule has 1 atom stereocenters. The van der Waals surface area contributed by atoms with Crippen LogP contribution in [-0.2, 0) is 9.59 Å². The quantitative estimate of drug-likeness (QED) is 0.605. The van der Waals surface area contributed by atoms with Gasteiger partial charge in [-0.3, -0.25) is 19.4 Å². The van der Waals surface area contributed by atoms with Crippen LogP contribution >= 0.6 is 0 Å². The van der Waals surface area contributed by atoms with Crippen molar-refractivity contribution in [3.05, 3.63) is 72.6 Å². The summed E-state index contributed by atoms with van der Waals surface area (Å²) in [5, 5.41) is 10.8. The third-order valence-electron chi connectivity index (χ3n) is 4.42. The summed E-state index contributed by atoms with van der Waals surface area (Å²) in [5.41, 5.74) is 6.51. The Morgan fingerprint density at radius 2 is 1.87 bits per heavy atom. The number of nitrogens with zero attached hydrogens (tertiary/aromatic N) is 2. The molecular weight excluding hydrogens is 389 g/mol. The molecule has 0 aromatic heterocycles. The highest BCUT2D eigenvalue weighted by Crippen LogP contribution is 2.25. The van der Waals surface area contributed by atoms with E-state index in [1.807, 2.05) is 0 Å². The fourth-order valence-electron chi connectivity index (χ4n) is 2.95. The minimum absolute atomic E-state index is 0.0244. The molecule has 2 aromatic rings. The van der Waals surface area contributed by atoms with Gasteiger partial charge < -0.3 is 16.4 Å². The number of primary amides is 1. The van der Waals surface area contributed by atoms with Crippen molar-refractivity contribution < 1.29 is 18.8 Å². The smallest absolute Gasteiger partial charge is 0.271 e. The number of nitrogens with two attached hydrogens (primary N) is 1. The fourth-order valence-corrected chi connectivity index (χ4v) is 2.95. The van der Waals surface area contributed by atoms with Crippen molar-refractivity contribution in [1.29, 1.82) is 0 Å². The normalized spacial score (nSPS) is 15.3. The highest BCUT2D eigenvalue weighted by Gasteiger charge is 2.35. The van der Waals surface area contributed by atoms with Gasteiger partial charge in [0.1, 0.15) is 17.6 Å². The van der Waals surface area contributed by atoms with Gasteiger partial charge >= 0.3 is 0 Å². The SMILES string of the molecule is C=CCNC(=O)c1ccccc1NC(=O)C1=NN(c2ccc(F)cc2)[C@H](C(N)=O)C1. The molecule has 0 saturated heterocycles. The van der Waals surface area contributed by atoms with E-state index in [-0.39, 0.29) is 30.1 Å². The fraction of sp³-hybridized carbons (Fsp3) is 0.143. The molecule has 0 aliphatic carbocycles. The van der Waals surface area contributed by atoms with Crippen molar-refractivity contribution in [2.24, 2.45) is 10.8 Å². The highest BCUT2D eigenvalue weighted by atomic mass is 19.1. The predicted molar refractivity (Wildman–Crippen MR) is 112 cm³/mol. The van der Waals surface area contributed by atoms with Gasteiger partial charge in [-0.1, -0.05) is 18.2 Å². The van der Waals surface area contributed by atoms with Crippen LogP contribution in [0.4, 0.5) is 15.8 Å². The number of carbonyl (C=O) groups excluding carboxylic acids is 3. The number of hydrogen-bond donors (Lipinski definition) is 3. The number of benzene rings is 2. The molecule has 3 rings (SSSR count). The van der Waals surface area contributed by atoms with E-state index < -0.39 is 23.7 Å². The molecule has 0 radical (unpaired) electrons. The standard InChI is InChI=1S/C21H20FN5O3/c1-2-11-24-20(29)15-5-3-4-6-16(15)25-21(30)17-12-18(19(23)28)27(26-17)14-9-7-13(22)8-10-14/h2-10,18H,1,11-12H2,(H2,23,28)(H,24,29)(H,25,30)/t18-/m0/s1. The first kappa shape index (κ1) is 20.7. The second kappa shape index (κ2) is 8.99. The number of hydrazone groups is 1. The van der Waals surface area contributed by atoms with Crippen LogP contribution in [0.5, 0.6) is 0 Å². The van der Waals surface area contributed by atoms with Crippen LogP contribution in [0, 0.1) is 5.82 Å². The number of anilines is 2. The van der Waals surface area contributed by atoms with Crippen molar-refractivity contribution in [3.8, 4) is 0 Å². The van der Waals surface area contributed by atoms with E-state index >= 15 is 0 Å². The van der Waals surface area contributed by atoms with Crippen molar-refractivity contribution in [3.63, 3.8) is 0 Å². The lowest BCUT2D eigenvalue weighted by atomic mass is 10.1. The molecule has 154 valence electrons. The van der Waals surface area contributed by atoms with Gasteiger partial charge in [0, 0.05) is 13.0 Å². The van der Waals surface area contributed by atoms with Gasteiger partial charge in [0.15, 0.2) is 0 Å². The predicted octanol–water partition coefficient (Wildman–Crippen LogP) is 1.80.